The first-order valence-electron chi connectivity index (χ1n) is 7.76. The Bertz CT molecular complexity index is 947. The molecule has 1 N–H and O–H groups in total. The summed E-state index contributed by atoms with van der Waals surface area (Å²) in [6, 6.07) is 7.80. The SMILES string of the molecule is CCn1cc([N+](=O)[O-])c(C(=O)Nc2cnn(Cc3ccc(Br)cc3)c2)n1. The Labute approximate surface area is 156 Å². The summed E-state index contributed by atoms with van der Waals surface area (Å²) in [4.78, 5) is 22.8. The van der Waals surface area contributed by atoms with Crippen LogP contribution in [0, 0.1) is 10.1 Å². The predicted molar refractivity (Wildman–Crippen MR) is 98.0 cm³/mol. The summed E-state index contributed by atoms with van der Waals surface area (Å²) in [5.41, 5.74) is 0.933. The van der Waals surface area contributed by atoms with E-state index in [1.165, 1.54) is 17.1 Å². The lowest BCUT2D eigenvalue weighted by atomic mass is 10.2. The van der Waals surface area contributed by atoms with E-state index in [0.29, 0.717) is 18.8 Å². The standard InChI is InChI=1S/C16H15BrN6O3/c1-2-21-10-14(23(25)26)15(20-21)16(24)19-13-7-18-22(9-13)8-11-3-5-12(17)6-4-11/h3-7,9-10H,2,8H2,1H3,(H,19,24). The third kappa shape index (κ3) is 3.97. The highest BCUT2D eigenvalue weighted by Crippen LogP contribution is 2.19. The first-order chi connectivity index (χ1) is 12.5. The van der Waals surface area contributed by atoms with Crippen LogP contribution in [0.4, 0.5) is 11.4 Å². The summed E-state index contributed by atoms with van der Waals surface area (Å²) >= 11 is 3.38. The first-order valence-corrected chi connectivity index (χ1v) is 8.55. The van der Waals surface area contributed by atoms with Crippen molar-refractivity contribution in [1.82, 2.24) is 19.6 Å². The van der Waals surface area contributed by atoms with Crippen LogP contribution in [0.25, 0.3) is 0 Å². The van der Waals surface area contributed by atoms with E-state index in [-0.39, 0.29) is 11.4 Å². The van der Waals surface area contributed by atoms with E-state index in [9.17, 15) is 14.9 Å². The van der Waals surface area contributed by atoms with Gasteiger partial charge >= 0.3 is 5.69 Å². The maximum atomic E-state index is 12.3. The molecular weight excluding hydrogens is 404 g/mol. The van der Waals surface area contributed by atoms with Gasteiger partial charge in [-0.3, -0.25) is 24.3 Å². The Balaban J connectivity index is 1.72. The zero-order valence-corrected chi connectivity index (χ0v) is 15.4. The minimum Gasteiger partial charge on any atom is -0.318 e. The quantitative estimate of drug-likeness (QED) is 0.488. The molecule has 1 aromatic carbocycles. The lowest BCUT2D eigenvalue weighted by Gasteiger charge is -2.02. The molecule has 0 spiro atoms. The molecule has 0 unspecified atom stereocenters. The van der Waals surface area contributed by atoms with E-state index in [1.54, 1.807) is 17.8 Å². The molecule has 2 heterocycles. The van der Waals surface area contributed by atoms with Crippen molar-refractivity contribution in [2.24, 2.45) is 0 Å². The number of nitrogens with one attached hydrogen (secondary N) is 1. The van der Waals surface area contributed by atoms with E-state index >= 15 is 0 Å². The molecule has 2 aromatic heterocycles. The monoisotopic (exact) mass is 418 g/mol. The number of aryl methyl sites for hydroxylation is 1. The smallest absolute Gasteiger partial charge is 0.318 e. The largest absolute Gasteiger partial charge is 0.320 e. The average molecular weight is 419 g/mol. The van der Waals surface area contributed by atoms with Gasteiger partial charge in [-0.25, -0.2) is 0 Å². The first kappa shape index (κ1) is 17.8. The maximum absolute atomic E-state index is 12.3. The highest BCUT2D eigenvalue weighted by atomic mass is 79.9. The van der Waals surface area contributed by atoms with Crippen LogP contribution in [0.15, 0.2) is 47.3 Å². The van der Waals surface area contributed by atoms with Crippen molar-refractivity contribution in [3.05, 3.63) is 68.7 Å². The Morgan fingerprint density at radius 3 is 2.65 bits per heavy atom. The van der Waals surface area contributed by atoms with Gasteiger partial charge in [-0.1, -0.05) is 28.1 Å². The number of halogens is 1. The van der Waals surface area contributed by atoms with Gasteiger partial charge in [0, 0.05) is 17.2 Å². The number of nitrogens with zero attached hydrogens (tertiary/aromatic N) is 5. The summed E-state index contributed by atoms with van der Waals surface area (Å²) in [6.45, 7) is 2.75. The number of anilines is 1. The predicted octanol–water partition coefficient (Wildman–Crippen LogP) is 3.07. The molecule has 0 fully saturated rings. The minimum atomic E-state index is -0.646. The van der Waals surface area contributed by atoms with E-state index in [4.69, 9.17) is 0 Å². The average Bonchev–Trinajstić information content (AvgIpc) is 3.23. The summed E-state index contributed by atoms with van der Waals surface area (Å²) in [5, 5.41) is 21.8. The molecule has 134 valence electrons. The zero-order valence-electron chi connectivity index (χ0n) is 13.8. The number of hydrogen-bond donors (Lipinski definition) is 1. The van der Waals surface area contributed by atoms with Crippen molar-refractivity contribution in [2.45, 2.75) is 20.0 Å². The van der Waals surface area contributed by atoms with Crippen LogP contribution in [0.3, 0.4) is 0 Å². The lowest BCUT2D eigenvalue weighted by molar-refractivity contribution is -0.385. The molecule has 0 atom stereocenters. The lowest BCUT2D eigenvalue weighted by Crippen LogP contribution is -2.14. The van der Waals surface area contributed by atoms with Crippen molar-refractivity contribution in [3.8, 4) is 0 Å². The normalized spacial score (nSPS) is 10.7. The molecule has 0 saturated heterocycles. The number of hydrogen-bond acceptors (Lipinski definition) is 5. The summed E-state index contributed by atoms with van der Waals surface area (Å²) in [5.74, 6) is -0.646. The molecule has 3 aromatic rings. The Morgan fingerprint density at radius 2 is 2.00 bits per heavy atom. The molecule has 10 heteroatoms. The van der Waals surface area contributed by atoms with Crippen LogP contribution < -0.4 is 5.32 Å². The second-order valence-corrected chi connectivity index (χ2v) is 6.40. The fourth-order valence-electron chi connectivity index (χ4n) is 2.35. The summed E-state index contributed by atoms with van der Waals surface area (Å²) in [6.07, 6.45) is 4.38. The second kappa shape index (κ2) is 7.48. The molecule has 3 rings (SSSR count). The molecule has 0 aliphatic carbocycles. The third-order valence-corrected chi connectivity index (χ3v) is 4.16. The van der Waals surface area contributed by atoms with E-state index < -0.39 is 10.8 Å². The minimum absolute atomic E-state index is 0.225. The van der Waals surface area contributed by atoms with Crippen molar-refractivity contribution < 1.29 is 9.72 Å². The third-order valence-electron chi connectivity index (χ3n) is 3.63. The van der Waals surface area contributed by atoms with Gasteiger partial charge in [0.15, 0.2) is 0 Å². The fraction of sp³-hybridized carbons (Fsp3) is 0.188. The number of benzene rings is 1. The highest BCUT2D eigenvalue weighted by Gasteiger charge is 2.25. The molecule has 9 nitrogen and oxygen atoms in total. The molecule has 0 radical (unpaired) electrons. The Hall–Kier alpha value is -3.01. The number of amides is 1. The van der Waals surface area contributed by atoms with Crippen molar-refractivity contribution >= 4 is 33.2 Å². The van der Waals surface area contributed by atoms with Crippen molar-refractivity contribution in [3.63, 3.8) is 0 Å². The van der Waals surface area contributed by atoms with E-state index in [1.807, 2.05) is 24.3 Å². The van der Waals surface area contributed by atoms with E-state index in [2.05, 4.69) is 31.4 Å². The van der Waals surface area contributed by atoms with Gasteiger partial charge in [-0.15, -0.1) is 0 Å². The van der Waals surface area contributed by atoms with Crippen LogP contribution in [-0.4, -0.2) is 30.4 Å². The molecular formula is C16H15BrN6O3. The van der Waals surface area contributed by atoms with Gasteiger partial charge in [-0.2, -0.15) is 10.2 Å². The molecule has 0 saturated carbocycles. The van der Waals surface area contributed by atoms with Crippen molar-refractivity contribution in [2.75, 3.05) is 5.32 Å². The van der Waals surface area contributed by atoms with Crippen LogP contribution in [0.5, 0.6) is 0 Å². The fourth-order valence-corrected chi connectivity index (χ4v) is 2.61. The van der Waals surface area contributed by atoms with Crippen LogP contribution >= 0.6 is 15.9 Å². The second-order valence-electron chi connectivity index (χ2n) is 5.48. The summed E-state index contributed by atoms with van der Waals surface area (Å²) in [7, 11) is 0. The number of carbonyl (C=O) groups excluding carboxylic acids is 1. The summed E-state index contributed by atoms with van der Waals surface area (Å²) < 4.78 is 4.00. The molecule has 0 aliphatic rings. The van der Waals surface area contributed by atoms with Gasteiger partial charge in [-0.05, 0) is 24.6 Å². The van der Waals surface area contributed by atoms with Gasteiger partial charge < -0.3 is 5.32 Å². The topological polar surface area (TPSA) is 108 Å². The number of nitro groups is 1. The molecule has 0 aliphatic heterocycles. The highest BCUT2D eigenvalue weighted by molar-refractivity contribution is 9.10. The maximum Gasteiger partial charge on any atom is 0.320 e. The number of carbonyl (C=O) groups is 1. The molecule has 26 heavy (non-hydrogen) atoms. The van der Waals surface area contributed by atoms with E-state index in [0.717, 1.165) is 10.0 Å². The molecule has 0 bridgehead atoms. The Kier molecular flexibility index (Phi) is 5.12. The van der Waals surface area contributed by atoms with Crippen LogP contribution in [-0.2, 0) is 13.1 Å². The van der Waals surface area contributed by atoms with Gasteiger partial charge in [0.05, 0.1) is 23.4 Å². The van der Waals surface area contributed by atoms with Gasteiger partial charge in [0.2, 0.25) is 5.69 Å². The van der Waals surface area contributed by atoms with Crippen molar-refractivity contribution in [1.29, 1.82) is 0 Å². The van der Waals surface area contributed by atoms with Crippen LogP contribution in [0.2, 0.25) is 0 Å². The number of rotatable bonds is 6. The van der Waals surface area contributed by atoms with Gasteiger partial charge in [0.25, 0.3) is 5.91 Å². The Morgan fingerprint density at radius 1 is 1.27 bits per heavy atom. The molecule has 1 amide bonds. The van der Waals surface area contributed by atoms with Gasteiger partial charge in [0.1, 0.15) is 6.20 Å². The zero-order chi connectivity index (χ0) is 18.7. The van der Waals surface area contributed by atoms with Crippen LogP contribution in [0.1, 0.15) is 23.0 Å². The number of aromatic nitrogens is 4.